The number of nitrogens with zero attached hydrogens (tertiary/aromatic N) is 2. The van der Waals surface area contributed by atoms with Gasteiger partial charge in [-0.2, -0.15) is 8.75 Å². The Bertz CT molecular complexity index is 308. The second-order valence-electron chi connectivity index (χ2n) is 3.64. The first-order valence-corrected chi connectivity index (χ1v) is 4.94. The summed E-state index contributed by atoms with van der Waals surface area (Å²) in [4.78, 5) is 11.5. The molecular weight excluding hydrogens is 202 g/mol. The molecule has 0 spiro atoms. The number of aliphatic hydroxyl groups excluding tert-OH is 1. The topological polar surface area (TPSA) is 75.1 Å². The van der Waals surface area contributed by atoms with E-state index in [0.717, 1.165) is 11.7 Å². The van der Waals surface area contributed by atoms with Crippen LogP contribution in [0, 0.1) is 0 Å². The lowest BCUT2D eigenvalue weighted by Crippen LogP contribution is -2.51. The van der Waals surface area contributed by atoms with Crippen molar-refractivity contribution in [2.24, 2.45) is 0 Å². The van der Waals surface area contributed by atoms with Gasteiger partial charge in [-0.25, -0.2) is 0 Å². The quantitative estimate of drug-likeness (QED) is 0.766. The Kier molecular flexibility index (Phi) is 3.17. The number of nitrogens with one attached hydrogen (secondary N) is 1. The van der Waals surface area contributed by atoms with Gasteiger partial charge in [0.15, 0.2) is 5.69 Å². The molecule has 0 aliphatic carbocycles. The first kappa shape index (κ1) is 11.1. The predicted molar refractivity (Wildman–Crippen MR) is 53.1 cm³/mol. The highest BCUT2D eigenvalue weighted by atomic mass is 32.1. The number of amides is 1. The predicted octanol–water partition coefficient (Wildman–Crippen LogP) is 0.427. The molecule has 5 nitrogen and oxygen atoms in total. The van der Waals surface area contributed by atoms with E-state index in [4.69, 9.17) is 0 Å². The molecule has 2 N–H and O–H groups in total. The third kappa shape index (κ3) is 2.49. The standard InChI is InChI=1S/C8H13N3O2S/c1-5(12)8(2,3)10-7(13)6-4-9-14-11-6/h4-5,12H,1-3H3,(H,10,13). The average molecular weight is 215 g/mol. The summed E-state index contributed by atoms with van der Waals surface area (Å²) in [5.74, 6) is -0.315. The second-order valence-corrected chi connectivity index (χ2v) is 4.20. The first-order chi connectivity index (χ1) is 6.43. The molecule has 0 aliphatic heterocycles. The maximum atomic E-state index is 11.5. The van der Waals surface area contributed by atoms with E-state index in [9.17, 15) is 9.90 Å². The summed E-state index contributed by atoms with van der Waals surface area (Å²) in [5.41, 5.74) is -0.385. The Balaban J connectivity index is 2.66. The molecule has 0 fully saturated rings. The van der Waals surface area contributed by atoms with Crippen LogP contribution in [0.5, 0.6) is 0 Å². The van der Waals surface area contributed by atoms with E-state index in [0.29, 0.717) is 0 Å². The number of hydrogen-bond acceptors (Lipinski definition) is 5. The molecule has 6 heteroatoms. The lowest BCUT2D eigenvalue weighted by molar-refractivity contribution is 0.0706. The van der Waals surface area contributed by atoms with Crippen molar-refractivity contribution in [2.45, 2.75) is 32.4 Å². The minimum Gasteiger partial charge on any atom is -0.391 e. The van der Waals surface area contributed by atoms with Gasteiger partial charge in [-0.15, -0.1) is 0 Å². The smallest absolute Gasteiger partial charge is 0.273 e. The van der Waals surface area contributed by atoms with Gasteiger partial charge in [-0.1, -0.05) is 0 Å². The molecule has 1 amide bonds. The van der Waals surface area contributed by atoms with Crippen LogP contribution < -0.4 is 5.32 Å². The van der Waals surface area contributed by atoms with Crippen LogP contribution in [-0.2, 0) is 0 Å². The summed E-state index contributed by atoms with van der Waals surface area (Å²) in [5, 5.41) is 12.1. The molecule has 1 aromatic heterocycles. The summed E-state index contributed by atoms with van der Waals surface area (Å²) in [7, 11) is 0. The van der Waals surface area contributed by atoms with E-state index in [1.54, 1.807) is 20.8 Å². The van der Waals surface area contributed by atoms with Crippen LogP contribution in [0.4, 0.5) is 0 Å². The van der Waals surface area contributed by atoms with Crippen molar-refractivity contribution in [3.63, 3.8) is 0 Å². The van der Waals surface area contributed by atoms with Crippen molar-refractivity contribution >= 4 is 17.6 Å². The van der Waals surface area contributed by atoms with Crippen LogP contribution in [0.1, 0.15) is 31.3 Å². The van der Waals surface area contributed by atoms with Crippen LogP contribution in [-0.4, -0.2) is 31.4 Å². The molecule has 0 saturated heterocycles. The monoisotopic (exact) mass is 215 g/mol. The lowest BCUT2D eigenvalue weighted by Gasteiger charge is -2.28. The van der Waals surface area contributed by atoms with E-state index >= 15 is 0 Å². The van der Waals surface area contributed by atoms with Crippen molar-refractivity contribution in [1.82, 2.24) is 14.1 Å². The van der Waals surface area contributed by atoms with Gasteiger partial charge in [0.2, 0.25) is 0 Å². The van der Waals surface area contributed by atoms with Gasteiger partial charge in [0.1, 0.15) is 0 Å². The fourth-order valence-corrected chi connectivity index (χ4v) is 1.14. The molecule has 0 radical (unpaired) electrons. The van der Waals surface area contributed by atoms with E-state index in [-0.39, 0.29) is 11.6 Å². The van der Waals surface area contributed by atoms with Gasteiger partial charge in [0, 0.05) is 0 Å². The summed E-state index contributed by atoms with van der Waals surface area (Å²) in [6.07, 6.45) is 0.774. The van der Waals surface area contributed by atoms with Crippen molar-refractivity contribution in [3.8, 4) is 0 Å². The van der Waals surface area contributed by atoms with Crippen molar-refractivity contribution in [2.75, 3.05) is 0 Å². The molecular formula is C8H13N3O2S. The number of carbonyl (C=O) groups is 1. The molecule has 0 aliphatic rings. The molecule has 1 heterocycles. The first-order valence-electron chi connectivity index (χ1n) is 4.21. The largest absolute Gasteiger partial charge is 0.391 e. The minimum atomic E-state index is -0.666. The third-order valence-electron chi connectivity index (χ3n) is 2.07. The molecule has 1 atom stereocenters. The maximum Gasteiger partial charge on any atom is 0.273 e. The molecule has 14 heavy (non-hydrogen) atoms. The normalized spacial score (nSPS) is 13.7. The zero-order valence-electron chi connectivity index (χ0n) is 8.31. The number of carbonyl (C=O) groups excluding carboxylic acids is 1. The zero-order valence-corrected chi connectivity index (χ0v) is 9.13. The summed E-state index contributed by atoms with van der Waals surface area (Å²) >= 11 is 0.979. The van der Waals surface area contributed by atoms with E-state index in [2.05, 4.69) is 14.1 Å². The fraction of sp³-hybridized carbons (Fsp3) is 0.625. The maximum absolute atomic E-state index is 11.5. The van der Waals surface area contributed by atoms with Gasteiger partial charge in [0.05, 0.1) is 29.6 Å². The van der Waals surface area contributed by atoms with Gasteiger partial charge in [0.25, 0.3) is 5.91 Å². The second kappa shape index (κ2) is 4.02. The van der Waals surface area contributed by atoms with Crippen LogP contribution in [0.25, 0.3) is 0 Å². The number of hydrogen-bond donors (Lipinski definition) is 2. The van der Waals surface area contributed by atoms with Gasteiger partial charge >= 0.3 is 0 Å². The van der Waals surface area contributed by atoms with Gasteiger partial charge in [-0.05, 0) is 20.8 Å². The molecule has 1 rings (SSSR count). The van der Waals surface area contributed by atoms with E-state index in [1.165, 1.54) is 6.20 Å². The summed E-state index contributed by atoms with van der Waals surface area (Å²) < 4.78 is 7.52. The van der Waals surface area contributed by atoms with E-state index < -0.39 is 11.6 Å². The van der Waals surface area contributed by atoms with Crippen LogP contribution in [0.3, 0.4) is 0 Å². The van der Waals surface area contributed by atoms with Crippen molar-refractivity contribution in [3.05, 3.63) is 11.9 Å². The van der Waals surface area contributed by atoms with Gasteiger partial charge < -0.3 is 10.4 Å². The number of aliphatic hydroxyl groups is 1. The Labute approximate surface area is 86.5 Å². The summed E-state index contributed by atoms with van der Waals surface area (Å²) in [6.45, 7) is 5.12. The molecule has 0 bridgehead atoms. The SMILES string of the molecule is CC(O)C(C)(C)NC(=O)c1cnsn1. The Morgan fingerprint density at radius 3 is 2.79 bits per heavy atom. The molecule has 0 saturated carbocycles. The highest BCUT2D eigenvalue weighted by Gasteiger charge is 2.27. The van der Waals surface area contributed by atoms with Crippen LogP contribution in [0.15, 0.2) is 6.20 Å². The highest BCUT2D eigenvalue weighted by molar-refractivity contribution is 6.99. The number of rotatable bonds is 3. The molecule has 1 aromatic rings. The minimum absolute atomic E-state index is 0.281. The molecule has 0 aromatic carbocycles. The van der Waals surface area contributed by atoms with Crippen LogP contribution in [0.2, 0.25) is 0 Å². The Morgan fingerprint density at radius 1 is 1.71 bits per heavy atom. The summed E-state index contributed by atoms with van der Waals surface area (Å²) in [6, 6.07) is 0. The number of aromatic nitrogens is 2. The molecule has 78 valence electrons. The molecule has 1 unspecified atom stereocenters. The third-order valence-corrected chi connectivity index (χ3v) is 2.55. The Hall–Kier alpha value is -1.01. The Morgan fingerprint density at radius 2 is 2.36 bits per heavy atom. The zero-order chi connectivity index (χ0) is 10.8. The van der Waals surface area contributed by atoms with Crippen LogP contribution >= 0.6 is 11.7 Å². The fourth-order valence-electron chi connectivity index (χ4n) is 0.726. The van der Waals surface area contributed by atoms with Crippen molar-refractivity contribution < 1.29 is 9.90 Å². The van der Waals surface area contributed by atoms with Crippen molar-refractivity contribution in [1.29, 1.82) is 0 Å². The highest BCUT2D eigenvalue weighted by Crippen LogP contribution is 2.09. The van der Waals surface area contributed by atoms with E-state index in [1.807, 2.05) is 0 Å². The van der Waals surface area contributed by atoms with Gasteiger partial charge in [-0.3, -0.25) is 4.79 Å². The average Bonchev–Trinajstić information content (AvgIpc) is 2.54. The lowest BCUT2D eigenvalue weighted by atomic mass is 9.99.